The molecule has 6 heteroatoms. The lowest BCUT2D eigenvalue weighted by molar-refractivity contribution is -0.384. The first-order chi connectivity index (χ1) is 7.77. The lowest BCUT2D eigenvalue weighted by atomic mass is 10.3. The number of nitro groups is 1. The van der Waals surface area contributed by atoms with Gasteiger partial charge in [-0.1, -0.05) is 0 Å². The fourth-order valence-electron chi connectivity index (χ4n) is 2.45. The van der Waals surface area contributed by atoms with Crippen LogP contribution in [0.2, 0.25) is 0 Å². The van der Waals surface area contributed by atoms with E-state index >= 15 is 0 Å². The van der Waals surface area contributed by atoms with Gasteiger partial charge < -0.3 is 10.6 Å². The van der Waals surface area contributed by atoms with Crippen molar-refractivity contribution in [2.45, 2.75) is 6.04 Å². The van der Waals surface area contributed by atoms with E-state index in [-0.39, 0.29) is 5.69 Å². The summed E-state index contributed by atoms with van der Waals surface area (Å²) in [6, 6.07) is 3.42. The molecule has 2 unspecified atom stereocenters. The summed E-state index contributed by atoms with van der Waals surface area (Å²) in [4.78, 5) is 14.4. The lowest BCUT2D eigenvalue weighted by Gasteiger charge is -2.07. The van der Waals surface area contributed by atoms with Crippen LogP contribution in [-0.2, 0) is 0 Å². The summed E-state index contributed by atoms with van der Waals surface area (Å²) in [6.45, 7) is 2.01. The van der Waals surface area contributed by atoms with E-state index in [1.54, 1.807) is 12.3 Å². The van der Waals surface area contributed by atoms with Gasteiger partial charge in [0.2, 0.25) is 5.82 Å². The van der Waals surface area contributed by atoms with Crippen molar-refractivity contribution < 1.29 is 4.92 Å². The average Bonchev–Trinajstić information content (AvgIpc) is 2.75. The van der Waals surface area contributed by atoms with E-state index in [1.807, 2.05) is 0 Å². The first-order valence-corrected chi connectivity index (χ1v) is 5.34. The molecule has 2 aliphatic rings. The normalized spacial score (nSPS) is 30.9. The smallest absolute Gasteiger partial charge is 0.311 e. The van der Waals surface area contributed by atoms with E-state index in [1.165, 1.54) is 6.07 Å². The molecule has 1 aliphatic carbocycles. The maximum absolute atomic E-state index is 10.8. The third-order valence-corrected chi connectivity index (χ3v) is 3.38. The summed E-state index contributed by atoms with van der Waals surface area (Å²) >= 11 is 0. The zero-order chi connectivity index (χ0) is 11.1. The number of hydrogen-bond donors (Lipinski definition) is 2. The molecule has 6 nitrogen and oxygen atoms in total. The first kappa shape index (κ1) is 9.53. The van der Waals surface area contributed by atoms with Gasteiger partial charge in [-0.15, -0.1) is 0 Å². The molecule has 1 aromatic heterocycles. The Kier molecular flexibility index (Phi) is 2.03. The molecule has 1 aromatic rings. The van der Waals surface area contributed by atoms with Crippen LogP contribution in [0.3, 0.4) is 0 Å². The van der Waals surface area contributed by atoms with Crippen LogP contribution in [0.4, 0.5) is 11.5 Å². The average molecular weight is 220 g/mol. The van der Waals surface area contributed by atoms with Crippen LogP contribution in [-0.4, -0.2) is 29.0 Å². The molecule has 1 aliphatic heterocycles. The van der Waals surface area contributed by atoms with Gasteiger partial charge in [-0.05, 0) is 17.9 Å². The number of anilines is 1. The summed E-state index contributed by atoms with van der Waals surface area (Å²) in [5.74, 6) is 1.62. The second-order valence-corrected chi connectivity index (χ2v) is 4.28. The second kappa shape index (κ2) is 3.41. The molecule has 16 heavy (non-hydrogen) atoms. The quantitative estimate of drug-likeness (QED) is 0.576. The highest BCUT2D eigenvalue weighted by atomic mass is 16.6. The van der Waals surface area contributed by atoms with Crippen LogP contribution < -0.4 is 10.6 Å². The Labute approximate surface area is 92.2 Å². The summed E-state index contributed by atoms with van der Waals surface area (Å²) < 4.78 is 0. The van der Waals surface area contributed by atoms with Gasteiger partial charge in [0.1, 0.15) is 0 Å². The molecule has 84 valence electrons. The number of hydrogen-bond acceptors (Lipinski definition) is 5. The summed E-state index contributed by atoms with van der Waals surface area (Å²) in [5.41, 5.74) is 0.0560. The third kappa shape index (κ3) is 1.42. The van der Waals surface area contributed by atoms with Gasteiger partial charge in [0, 0.05) is 31.4 Å². The standard InChI is InChI=1S/C10H12N4O2/c15-14(16)8-2-1-3-12-10(8)13-9-6-4-11-5-7(6)9/h1-3,6-7,9,11H,4-5H2,(H,12,13). The second-order valence-electron chi connectivity index (χ2n) is 4.28. The van der Waals surface area contributed by atoms with E-state index in [4.69, 9.17) is 0 Å². The van der Waals surface area contributed by atoms with Crippen molar-refractivity contribution in [2.24, 2.45) is 11.8 Å². The van der Waals surface area contributed by atoms with Crippen molar-refractivity contribution >= 4 is 11.5 Å². The molecular formula is C10H12N4O2. The van der Waals surface area contributed by atoms with Crippen LogP contribution in [0.15, 0.2) is 18.3 Å². The van der Waals surface area contributed by atoms with Crippen LogP contribution in [0.1, 0.15) is 0 Å². The zero-order valence-electron chi connectivity index (χ0n) is 8.59. The van der Waals surface area contributed by atoms with E-state index < -0.39 is 4.92 Å². The van der Waals surface area contributed by atoms with Crippen LogP contribution in [0, 0.1) is 22.0 Å². The monoisotopic (exact) mass is 220 g/mol. The van der Waals surface area contributed by atoms with Gasteiger partial charge >= 0.3 is 5.69 Å². The van der Waals surface area contributed by atoms with Crippen LogP contribution in [0.5, 0.6) is 0 Å². The Balaban J connectivity index is 1.77. The third-order valence-electron chi connectivity index (χ3n) is 3.38. The maximum atomic E-state index is 10.8. The number of rotatable bonds is 3. The number of piperidine rings is 1. The Morgan fingerprint density at radius 2 is 2.25 bits per heavy atom. The number of aromatic nitrogens is 1. The number of nitrogens with zero attached hydrogens (tertiary/aromatic N) is 2. The molecule has 2 atom stereocenters. The van der Waals surface area contributed by atoms with Crippen molar-refractivity contribution in [1.82, 2.24) is 10.3 Å². The SMILES string of the molecule is O=[N+]([O-])c1cccnc1NC1C2CNCC21. The highest BCUT2D eigenvalue weighted by Crippen LogP contribution is 2.44. The molecule has 2 fully saturated rings. The molecule has 3 rings (SSSR count). The van der Waals surface area contributed by atoms with Crippen molar-refractivity contribution in [1.29, 1.82) is 0 Å². The van der Waals surface area contributed by atoms with Gasteiger partial charge in [0.25, 0.3) is 0 Å². The largest absolute Gasteiger partial charge is 0.361 e. The lowest BCUT2D eigenvalue weighted by Crippen LogP contribution is -2.22. The number of fused-ring (bicyclic) bond motifs is 1. The fraction of sp³-hybridized carbons (Fsp3) is 0.500. The molecule has 0 aromatic carbocycles. The number of nitrogens with one attached hydrogen (secondary N) is 2. The molecule has 0 radical (unpaired) electrons. The van der Waals surface area contributed by atoms with Crippen molar-refractivity contribution in [2.75, 3.05) is 18.4 Å². The minimum Gasteiger partial charge on any atom is -0.361 e. The molecular weight excluding hydrogens is 208 g/mol. The minimum atomic E-state index is -0.397. The molecule has 2 N–H and O–H groups in total. The number of pyridine rings is 1. The van der Waals surface area contributed by atoms with E-state index in [0.29, 0.717) is 23.7 Å². The molecule has 1 saturated carbocycles. The highest BCUT2D eigenvalue weighted by molar-refractivity contribution is 5.56. The van der Waals surface area contributed by atoms with Crippen molar-refractivity contribution in [3.05, 3.63) is 28.4 Å². The fourth-order valence-corrected chi connectivity index (χ4v) is 2.45. The summed E-state index contributed by atoms with van der Waals surface area (Å²) in [6.07, 6.45) is 1.58. The Morgan fingerprint density at radius 3 is 2.94 bits per heavy atom. The molecule has 2 heterocycles. The molecule has 0 amide bonds. The Morgan fingerprint density at radius 1 is 1.50 bits per heavy atom. The maximum Gasteiger partial charge on any atom is 0.311 e. The highest BCUT2D eigenvalue weighted by Gasteiger charge is 2.53. The van der Waals surface area contributed by atoms with Gasteiger partial charge in [-0.2, -0.15) is 0 Å². The predicted octanol–water partition coefficient (Wildman–Crippen LogP) is 0.619. The van der Waals surface area contributed by atoms with Gasteiger partial charge in [0.15, 0.2) is 0 Å². The van der Waals surface area contributed by atoms with Gasteiger partial charge in [0.05, 0.1) is 4.92 Å². The zero-order valence-corrected chi connectivity index (χ0v) is 8.59. The van der Waals surface area contributed by atoms with Crippen LogP contribution >= 0.6 is 0 Å². The Hall–Kier alpha value is -1.69. The minimum absolute atomic E-state index is 0.0560. The van der Waals surface area contributed by atoms with Crippen molar-refractivity contribution in [3.63, 3.8) is 0 Å². The van der Waals surface area contributed by atoms with Crippen LogP contribution in [0.25, 0.3) is 0 Å². The van der Waals surface area contributed by atoms with Crippen molar-refractivity contribution in [3.8, 4) is 0 Å². The molecule has 1 saturated heterocycles. The summed E-state index contributed by atoms with van der Waals surface area (Å²) in [5, 5.41) is 17.2. The molecule has 0 bridgehead atoms. The topological polar surface area (TPSA) is 80.1 Å². The van der Waals surface area contributed by atoms with Gasteiger partial charge in [-0.3, -0.25) is 10.1 Å². The van der Waals surface area contributed by atoms with E-state index in [9.17, 15) is 10.1 Å². The Bertz CT molecular complexity index is 427. The molecule has 0 spiro atoms. The first-order valence-electron chi connectivity index (χ1n) is 5.34. The van der Waals surface area contributed by atoms with E-state index in [0.717, 1.165) is 13.1 Å². The van der Waals surface area contributed by atoms with E-state index in [2.05, 4.69) is 15.6 Å². The summed E-state index contributed by atoms with van der Waals surface area (Å²) in [7, 11) is 0. The van der Waals surface area contributed by atoms with Gasteiger partial charge in [-0.25, -0.2) is 4.98 Å². The predicted molar refractivity (Wildman–Crippen MR) is 58.2 cm³/mol.